The molecular weight excluding hydrogens is 587 g/mol. The summed E-state index contributed by atoms with van der Waals surface area (Å²) in [5.41, 5.74) is 11.7. The molecule has 2 atom stereocenters. The third-order valence-electron chi connectivity index (χ3n) is 10.8. The van der Waals surface area contributed by atoms with Gasteiger partial charge in [0, 0.05) is 54.0 Å². The zero-order valence-electron chi connectivity index (χ0n) is 27.1. The van der Waals surface area contributed by atoms with Crippen molar-refractivity contribution in [1.29, 1.82) is 0 Å². The molecule has 47 heavy (non-hydrogen) atoms. The molecule has 5 aromatic carbocycles. The van der Waals surface area contributed by atoms with Crippen molar-refractivity contribution in [3.8, 4) is 22.3 Å². The third kappa shape index (κ3) is 4.42. The van der Waals surface area contributed by atoms with E-state index in [-0.39, 0.29) is 10.8 Å². The van der Waals surface area contributed by atoms with E-state index in [2.05, 4.69) is 177 Å². The number of fused-ring (bicyclic) bond motifs is 7. The average Bonchev–Trinajstić information content (AvgIpc) is 3.51. The predicted molar refractivity (Wildman–Crippen MR) is 203 cm³/mol. The van der Waals surface area contributed by atoms with E-state index in [9.17, 15) is 0 Å². The quantitative estimate of drug-likeness (QED) is 0.189. The minimum absolute atomic E-state index is 0.00876. The first-order valence-electron chi connectivity index (χ1n) is 16.7. The van der Waals surface area contributed by atoms with Crippen molar-refractivity contribution in [2.24, 2.45) is 11.3 Å². The monoisotopic (exact) mass is 623 g/mol. The summed E-state index contributed by atoms with van der Waals surface area (Å²) in [6, 6.07) is 40.8. The van der Waals surface area contributed by atoms with E-state index in [0.717, 1.165) is 6.42 Å². The predicted octanol–water partition coefficient (Wildman–Crippen LogP) is 12.8. The molecule has 0 fully saturated rings. The fourth-order valence-electron chi connectivity index (χ4n) is 8.22. The highest BCUT2D eigenvalue weighted by atomic mass is 32.1. The first kappa shape index (κ1) is 28.3. The van der Waals surface area contributed by atoms with Gasteiger partial charge in [-0.2, -0.15) is 0 Å². The zero-order chi connectivity index (χ0) is 31.8. The van der Waals surface area contributed by atoms with Crippen molar-refractivity contribution in [1.82, 2.24) is 0 Å². The summed E-state index contributed by atoms with van der Waals surface area (Å²) in [6.45, 7) is 7.14. The molecule has 0 radical (unpaired) electrons. The topological polar surface area (TPSA) is 3.24 Å². The lowest BCUT2D eigenvalue weighted by Crippen LogP contribution is -2.28. The summed E-state index contributed by atoms with van der Waals surface area (Å²) in [6.07, 6.45) is 17.1. The molecule has 0 amide bonds. The van der Waals surface area contributed by atoms with Crippen LogP contribution < -0.4 is 4.90 Å². The van der Waals surface area contributed by atoms with Crippen LogP contribution in [-0.4, -0.2) is 0 Å². The molecule has 2 unspecified atom stereocenters. The van der Waals surface area contributed by atoms with Crippen molar-refractivity contribution in [2.45, 2.75) is 32.6 Å². The molecule has 0 saturated carbocycles. The highest BCUT2D eigenvalue weighted by molar-refractivity contribution is 7.26. The van der Waals surface area contributed by atoms with Gasteiger partial charge in [-0.05, 0) is 76.2 Å². The molecule has 0 saturated heterocycles. The molecule has 0 aliphatic heterocycles. The maximum Gasteiger partial charge on any atom is 0.0461 e. The van der Waals surface area contributed by atoms with Crippen LogP contribution in [0.3, 0.4) is 0 Å². The summed E-state index contributed by atoms with van der Waals surface area (Å²) in [5, 5.41) is 2.67. The molecule has 0 spiro atoms. The molecule has 9 rings (SSSR count). The minimum atomic E-state index is -0.0634. The molecule has 2 heteroatoms. The summed E-state index contributed by atoms with van der Waals surface area (Å²) in [5.74, 6) is 0.376. The van der Waals surface area contributed by atoms with Crippen LogP contribution in [-0.2, 0) is 5.41 Å². The van der Waals surface area contributed by atoms with Gasteiger partial charge in [0.1, 0.15) is 0 Å². The number of allylic oxidation sites excluding steroid dienone is 8. The Hall–Kier alpha value is -4.92. The van der Waals surface area contributed by atoms with Crippen LogP contribution in [0, 0.1) is 11.3 Å². The van der Waals surface area contributed by atoms with E-state index in [1.54, 1.807) is 0 Å². The fourth-order valence-corrected chi connectivity index (χ4v) is 9.45. The smallest absolute Gasteiger partial charge is 0.0461 e. The van der Waals surface area contributed by atoms with Crippen LogP contribution in [0.25, 0.3) is 42.4 Å². The second-order valence-corrected chi connectivity index (χ2v) is 15.1. The first-order chi connectivity index (χ1) is 22.9. The van der Waals surface area contributed by atoms with Crippen molar-refractivity contribution in [3.63, 3.8) is 0 Å². The van der Waals surface area contributed by atoms with Gasteiger partial charge in [0.05, 0.1) is 0 Å². The zero-order valence-corrected chi connectivity index (χ0v) is 27.9. The Labute approximate surface area is 281 Å². The molecular formula is C45H37NS. The van der Waals surface area contributed by atoms with Crippen molar-refractivity contribution >= 4 is 42.9 Å². The Morgan fingerprint density at radius 2 is 1.36 bits per heavy atom. The van der Waals surface area contributed by atoms with Crippen LogP contribution in [0.15, 0.2) is 157 Å². The van der Waals surface area contributed by atoms with Gasteiger partial charge >= 0.3 is 0 Å². The van der Waals surface area contributed by atoms with E-state index < -0.39 is 0 Å². The maximum atomic E-state index is 2.51. The number of anilines is 2. The van der Waals surface area contributed by atoms with Crippen LogP contribution in [0.5, 0.6) is 0 Å². The molecule has 1 aromatic heterocycles. The number of thiophene rings is 1. The lowest BCUT2D eigenvalue weighted by molar-refractivity contribution is 0.351. The van der Waals surface area contributed by atoms with Gasteiger partial charge in [-0.25, -0.2) is 0 Å². The number of benzene rings is 5. The van der Waals surface area contributed by atoms with E-state index >= 15 is 0 Å². The highest BCUT2D eigenvalue weighted by Crippen LogP contribution is 2.51. The van der Waals surface area contributed by atoms with Gasteiger partial charge in [-0.3, -0.25) is 0 Å². The number of hydrogen-bond donors (Lipinski definition) is 0. The van der Waals surface area contributed by atoms with E-state index in [4.69, 9.17) is 0 Å². The molecule has 1 heterocycles. The van der Waals surface area contributed by atoms with Gasteiger partial charge in [-0.1, -0.05) is 136 Å². The third-order valence-corrected chi connectivity index (χ3v) is 12.0. The summed E-state index contributed by atoms with van der Waals surface area (Å²) >= 11 is 1.89. The number of rotatable bonds is 4. The van der Waals surface area contributed by atoms with Crippen LogP contribution in [0.4, 0.5) is 11.4 Å². The van der Waals surface area contributed by atoms with Crippen molar-refractivity contribution in [2.75, 3.05) is 4.90 Å². The Morgan fingerprint density at radius 3 is 2.26 bits per heavy atom. The Bertz CT molecular complexity index is 2330. The average molecular weight is 624 g/mol. The normalized spacial score (nSPS) is 20.5. The molecule has 3 aliphatic carbocycles. The number of hydrogen-bond acceptors (Lipinski definition) is 2. The SMILES string of the molecule is CC1(C)c2ccccc2-c2ccc(N(C3=CC=CC4C=CC=CC4(C)C3)c3ccc(-c4cccc5c4sc4ccccc45)cc3)cc21. The minimum Gasteiger partial charge on any atom is -0.314 e. The second-order valence-electron chi connectivity index (χ2n) is 14.1. The molecule has 0 bridgehead atoms. The van der Waals surface area contributed by atoms with E-state index in [1.165, 1.54) is 70.6 Å². The van der Waals surface area contributed by atoms with Gasteiger partial charge in [0.25, 0.3) is 0 Å². The summed E-state index contributed by atoms with van der Waals surface area (Å²) in [7, 11) is 0. The molecule has 6 aromatic rings. The summed E-state index contributed by atoms with van der Waals surface area (Å²) in [4.78, 5) is 2.51. The van der Waals surface area contributed by atoms with E-state index in [0.29, 0.717) is 5.92 Å². The van der Waals surface area contributed by atoms with Gasteiger partial charge in [0.2, 0.25) is 0 Å². The highest BCUT2D eigenvalue weighted by Gasteiger charge is 2.37. The largest absolute Gasteiger partial charge is 0.314 e. The van der Waals surface area contributed by atoms with Gasteiger partial charge in [0.15, 0.2) is 0 Å². The van der Waals surface area contributed by atoms with Crippen LogP contribution >= 0.6 is 11.3 Å². The van der Waals surface area contributed by atoms with Crippen molar-refractivity contribution < 1.29 is 0 Å². The lowest BCUT2D eigenvalue weighted by Gasteiger charge is -2.37. The van der Waals surface area contributed by atoms with E-state index in [1.807, 2.05) is 11.3 Å². The fraction of sp³-hybridized carbons (Fsp3) is 0.156. The van der Waals surface area contributed by atoms with Crippen molar-refractivity contribution in [3.05, 3.63) is 169 Å². The second kappa shape index (κ2) is 10.6. The Morgan fingerprint density at radius 1 is 0.638 bits per heavy atom. The van der Waals surface area contributed by atoms with Gasteiger partial charge < -0.3 is 4.90 Å². The Kier molecular flexibility index (Phi) is 6.36. The molecule has 3 aliphatic rings. The number of nitrogens with zero attached hydrogens (tertiary/aromatic N) is 1. The molecule has 1 nitrogen and oxygen atoms in total. The lowest BCUT2D eigenvalue weighted by atomic mass is 9.72. The van der Waals surface area contributed by atoms with Gasteiger partial charge in [-0.15, -0.1) is 11.3 Å². The maximum absolute atomic E-state index is 2.51. The standard InChI is InChI=1S/C45H37NS/c1-44(2)40-19-6-4-15-36(40)37-26-25-33(28-41(37)44)46(34-14-10-13-31-12-8-9-27-45(31,3)29-34)32-23-21-30(22-24-32)35-17-11-18-39-38-16-5-7-20-42(38)47-43(35)39/h4-28,31H,29H2,1-3H3. The first-order valence-corrected chi connectivity index (χ1v) is 17.5. The summed E-state index contributed by atoms with van der Waals surface area (Å²) < 4.78 is 2.69. The molecule has 228 valence electrons. The van der Waals surface area contributed by atoms with Crippen LogP contribution in [0.2, 0.25) is 0 Å². The molecule has 0 N–H and O–H groups in total. The Balaban J connectivity index is 1.17. The van der Waals surface area contributed by atoms with Crippen LogP contribution in [0.1, 0.15) is 38.3 Å².